The Bertz CT molecular complexity index is 1030. The predicted octanol–water partition coefficient (Wildman–Crippen LogP) is 4.73. The van der Waals surface area contributed by atoms with E-state index < -0.39 is 6.09 Å². The van der Waals surface area contributed by atoms with E-state index in [4.69, 9.17) is 9.26 Å². The molecule has 1 aromatic heterocycles. The van der Waals surface area contributed by atoms with Crippen molar-refractivity contribution in [3.8, 4) is 0 Å². The molecule has 0 atom stereocenters. The van der Waals surface area contributed by atoms with Crippen molar-refractivity contribution in [3.05, 3.63) is 58.7 Å². The molecule has 0 spiro atoms. The van der Waals surface area contributed by atoms with Crippen LogP contribution in [0, 0.1) is 5.92 Å². The van der Waals surface area contributed by atoms with Gasteiger partial charge in [0.15, 0.2) is 11.4 Å². The summed E-state index contributed by atoms with van der Waals surface area (Å²) in [5, 5.41) is 7.23. The van der Waals surface area contributed by atoms with E-state index >= 15 is 0 Å². The second-order valence-corrected chi connectivity index (χ2v) is 8.24. The van der Waals surface area contributed by atoms with E-state index in [1.165, 1.54) is 0 Å². The van der Waals surface area contributed by atoms with E-state index in [0.717, 1.165) is 41.4 Å². The number of Topliss-reactive ketones (excluding diaryl/α,β-unsaturated/α-hetero) is 1. The van der Waals surface area contributed by atoms with E-state index in [-0.39, 0.29) is 11.7 Å². The van der Waals surface area contributed by atoms with Gasteiger partial charge in [-0.25, -0.2) is 4.79 Å². The number of likely N-dealkylation sites (tertiary alicyclic amines) is 1. The summed E-state index contributed by atoms with van der Waals surface area (Å²) in [5.74, 6) is 0.265. The molecule has 2 aromatic carbocycles. The molecule has 3 aromatic rings. The molecule has 30 heavy (non-hydrogen) atoms. The molecule has 8 heteroatoms. The van der Waals surface area contributed by atoms with Crippen LogP contribution in [-0.4, -0.2) is 48.2 Å². The molecule has 1 amide bonds. The minimum absolute atomic E-state index is 0.0546. The number of fused-ring (bicyclic) bond motifs is 1. The first-order valence-corrected chi connectivity index (χ1v) is 10.7. The molecular weight excluding hydrogens is 450 g/mol. The summed E-state index contributed by atoms with van der Waals surface area (Å²) >= 11 is 3.39. The fourth-order valence-corrected chi connectivity index (χ4v) is 3.90. The molecule has 0 unspecified atom stereocenters. The van der Waals surface area contributed by atoms with Crippen LogP contribution >= 0.6 is 15.9 Å². The number of halogens is 1. The lowest BCUT2D eigenvalue weighted by atomic mass is 9.89. The number of nitrogens with one attached hydrogen (secondary N) is 1. The Kier molecular flexibility index (Phi) is 6.44. The van der Waals surface area contributed by atoms with Crippen LogP contribution in [0.1, 0.15) is 23.2 Å². The maximum absolute atomic E-state index is 12.6. The van der Waals surface area contributed by atoms with Gasteiger partial charge in [0.05, 0.1) is 6.20 Å². The maximum Gasteiger partial charge on any atom is 0.411 e. The molecule has 0 radical (unpaired) electrons. The minimum Gasteiger partial charge on any atom is -0.448 e. The molecule has 4 rings (SSSR count). The summed E-state index contributed by atoms with van der Waals surface area (Å²) in [6.07, 6.45) is 2.74. The number of anilines is 1. The Morgan fingerprint density at radius 3 is 2.70 bits per heavy atom. The quantitative estimate of drug-likeness (QED) is 0.522. The van der Waals surface area contributed by atoms with Crippen LogP contribution in [0.4, 0.5) is 10.5 Å². The third-order valence-electron chi connectivity index (χ3n) is 5.33. The summed E-state index contributed by atoms with van der Waals surface area (Å²) in [5.41, 5.74) is 2.06. The number of benzene rings is 2. The number of hydrogen-bond donors (Lipinski definition) is 1. The van der Waals surface area contributed by atoms with Gasteiger partial charge in [-0.2, -0.15) is 0 Å². The Morgan fingerprint density at radius 2 is 1.93 bits per heavy atom. The monoisotopic (exact) mass is 471 g/mol. The summed E-state index contributed by atoms with van der Waals surface area (Å²) in [6.45, 7) is 2.59. The van der Waals surface area contributed by atoms with E-state index in [1.807, 2.05) is 24.3 Å². The zero-order valence-electron chi connectivity index (χ0n) is 16.3. The first kappa shape index (κ1) is 20.6. The summed E-state index contributed by atoms with van der Waals surface area (Å²) in [7, 11) is 0. The second kappa shape index (κ2) is 9.40. The number of aromatic nitrogens is 1. The van der Waals surface area contributed by atoms with Crippen molar-refractivity contribution in [2.75, 3.05) is 31.6 Å². The number of carbonyl (C=O) groups is 2. The number of ether oxygens (including phenoxy) is 1. The minimum atomic E-state index is -0.494. The average Bonchev–Trinajstić information content (AvgIpc) is 3.22. The van der Waals surface area contributed by atoms with E-state index in [2.05, 4.69) is 31.3 Å². The zero-order chi connectivity index (χ0) is 20.9. The molecule has 2 heterocycles. The molecule has 0 saturated carbocycles. The molecule has 7 nitrogen and oxygen atoms in total. The van der Waals surface area contributed by atoms with Crippen molar-refractivity contribution in [2.45, 2.75) is 12.8 Å². The number of hydrogen-bond acceptors (Lipinski definition) is 6. The largest absolute Gasteiger partial charge is 0.448 e. The van der Waals surface area contributed by atoms with Crippen LogP contribution in [0.2, 0.25) is 0 Å². The Balaban J connectivity index is 1.18. The van der Waals surface area contributed by atoms with Gasteiger partial charge in [0.2, 0.25) is 0 Å². The Labute approximate surface area is 182 Å². The van der Waals surface area contributed by atoms with Gasteiger partial charge < -0.3 is 9.26 Å². The van der Waals surface area contributed by atoms with Crippen molar-refractivity contribution < 1.29 is 18.8 Å². The van der Waals surface area contributed by atoms with Gasteiger partial charge in [-0.1, -0.05) is 33.2 Å². The van der Waals surface area contributed by atoms with E-state index in [1.54, 1.807) is 24.4 Å². The molecule has 0 aliphatic carbocycles. The van der Waals surface area contributed by atoms with Crippen LogP contribution in [0.15, 0.2) is 57.7 Å². The zero-order valence-corrected chi connectivity index (χ0v) is 17.9. The summed E-state index contributed by atoms with van der Waals surface area (Å²) in [6, 6.07) is 12.8. The highest BCUT2D eigenvalue weighted by molar-refractivity contribution is 9.10. The lowest BCUT2D eigenvalue weighted by Crippen LogP contribution is -2.38. The van der Waals surface area contributed by atoms with Gasteiger partial charge in [0.1, 0.15) is 6.61 Å². The van der Waals surface area contributed by atoms with Crippen LogP contribution in [0.25, 0.3) is 11.0 Å². The lowest BCUT2D eigenvalue weighted by Gasteiger charge is -2.31. The van der Waals surface area contributed by atoms with Gasteiger partial charge in [-0.05, 0) is 56.3 Å². The summed E-state index contributed by atoms with van der Waals surface area (Å²) < 4.78 is 11.3. The number of amides is 1. The number of nitrogens with zero attached hydrogens (tertiary/aromatic N) is 2. The van der Waals surface area contributed by atoms with Gasteiger partial charge in [0.25, 0.3) is 0 Å². The molecule has 1 saturated heterocycles. The van der Waals surface area contributed by atoms with Crippen molar-refractivity contribution in [2.24, 2.45) is 5.92 Å². The fraction of sp³-hybridized carbons (Fsp3) is 0.318. The number of carbonyl (C=O) groups excluding carboxylic acids is 2. The standard InChI is InChI=1S/C22H22BrN3O4/c23-18-3-1-15(2-4-18)21(27)16-7-9-26(10-8-16)11-12-29-22(28)25-19-5-6-20-17(13-19)14-24-30-20/h1-6,13-14,16H,7-12H2,(H,25,28). The summed E-state index contributed by atoms with van der Waals surface area (Å²) in [4.78, 5) is 26.9. The van der Waals surface area contributed by atoms with Crippen molar-refractivity contribution in [1.29, 1.82) is 0 Å². The lowest BCUT2D eigenvalue weighted by molar-refractivity contribution is 0.0813. The third-order valence-corrected chi connectivity index (χ3v) is 5.86. The van der Waals surface area contributed by atoms with Gasteiger partial charge in [0, 0.05) is 33.6 Å². The maximum atomic E-state index is 12.6. The molecule has 0 bridgehead atoms. The Morgan fingerprint density at radius 1 is 1.17 bits per heavy atom. The SMILES string of the molecule is O=C(Nc1ccc2oncc2c1)OCCN1CCC(C(=O)c2ccc(Br)cc2)CC1. The fourth-order valence-electron chi connectivity index (χ4n) is 3.64. The van der Waals surface area contributed by atoms with Crippen LogP contribution in [-0.2, 0) is 4.74 Å². The predicted molar refractivity (Wildman–Crippen MR) is 117 cm³/mol. The average molecular weight is 472 g/mol. The van der Waals surface area contributed by atoms with Gasteiger partial charge in [-0.3, -0.25) is 15.0 Å². The molecular formula is C22H22BrN3O4. The number of piperidine rings is 1. The number of ketones is 1. The van der Waals surface area contributed by atoms with Crippen LogP contribution in [0.5, 0.6) is 0 Å². The Hall–Kier alpha value is -2.71. The third kappa shape index (κ3) is 5.06. The highest BCUT2D eigenvalue weighted by atomic mass is 79.9. The van der Waals surface area contributed by atoms with E-state index in [0.29, 0.717) is 24.4 Å². The topological polar surface area (TPSA) is 84.7 Å². The van der Waals surface area contributed by atoms with Crippen LogP contribution < -0.4 is 5.32 Å². The van der Waals surface area contributed by atoms with E-state index in [9.17, 15) is 9.59 Å². The van der Waals surface area contributed by atoms with Gasteiger partial charge >= 0.3 is 6.09 Å². The van der Waals surface area contributed by atoms with Crippen molar-refractivity contribution in [3.63, 3.8) is 0 Å². The molecule has 156 valence electrons. The second-order valence-electron chi connectivity index (χ2n) is 7.33. The molecule has 1 N–H and O–H groups in total. The molecule has 1 aliphatic heterocycles. The molecule has 1 fully saturated rings. The highest BCUT2D eigenvalue weighted by Gasteiger charge is 2.25. The van der Waals surface area contributed by atoms with Crippen molar-refractivity contribution in [1.82, 2.24) is 10.1 Å². The highest BCUT2D eigenvalue weighted by Crippen LogP contribution is 2.23. The first-order valence-electron chi connectivity index (χ1n) is 9.89. The van der Waals surface area contributed by atoms with Crippen molar-refractivity contribution >= 4 is 44.5 Å². The number of rotatable bonds is 6. The first-order chi connectivity index (χ1) is 14.6. The molecule has 1 aliphatic rings. The van der Waals surface area contributed by atoms with Crippen LogP contribution in [0.3, 0.4) is 0 Å². The normalized spacial score (nSPS) is 15.2. The van der Waals surface area contributed by atoms with Gasteiger partial charge in [-0.15, -0.1) is 0 Å². The smallest absolute Gasteiger partial charge is 0.411 e.